The Labute approximate surface area is 194 Å². The van der Waals surface area contributed by atoms with Gasteiger partial charge < -0.3 is 9.64 Å². The highest BCUT2D eigenvalue weighted by Crippen LogP contribution is 2.38. The number of benzene rings is 1. The summed E-state index contributed by atoms with van der Waals surface area (Å²) in [5.74, 6) is 1.82. The van der Waals surface area contributed by atoms with Crippen molar-refractivity contribution in [3.63, 3.8) is 0 Å². The summed E-state index contributed by atoms with van der Waals surface area (Å²) in [4.78, 5) is 41.1. The molecule has 1 saturated heterocycles. The van der Waals surface area contributed by atoms with E-state index in [4.69, 9.17) is 4.74 Å². The van der Waals surface area contributed by atoms with Crippen LogP contribution in [-0.4, -0.2) is 58.8 Å². The summed E-state index contributed by atoms with van der Waals surface area (Å²) in [6.07, 6.45) is 9.85. The van der Waals surface area contributed by atoms with E-state index >= 15 is 0 Å². The Balaban J connectivity index is 1.14. The number of carbonyl (C=O) groups excluding carboxylic acids is 3. The molecule has 2 heterocycles. The Bertz CT molecular complexity index is 956. The van der Waals surface area contributed by atoms with Crippen LogP contribution in [0.5, 0.6) is 5.75 Å². The molecule has 2 aliphatic heterocycles. The lowest BCUT2D eigenvalue weighted by atomic mass is 10.0. The van der Waals surface area contributed by atoms with Crippen molar-refractivity contribution in [2.75, 3.05) is 13.1 Å². The van der Waals surface area contributed by atoms with E-state index in [1.807, 2.05) is 18.2 Å². The molecule has 33 heavy (non-hydrogen) atoms. The molecule has 0 aromatic heterocycles. The number of piperidine rings is 1. The van der Waals surface area contributed by atoms with Crippen molar-refractivity contribution >= 4 is 17.7 Å². The number of nitrogens with zero attached hydrogens (tertiary/aromatic N) is 2. The number of hydrogen-bond donors (Lipinski definition) is 1. The molecule has 6 rings (SSSR count). The summed E-state index contributed by atoms with van der Waals surface area (Å²) >= 11 is 0. The molecule has 4 fully saturated rings. The van der Waals surface area contributed by atoms with Gasteiger partial charge in [-0.2, -0.15) is 0 Å². The fourth-order valence-electron chi connectivity index (χ4n) is 5.87. The molecule has 1 unspecified atom stereocenters. The minimum absolute atomic E-state index is 0.134. The van der Waals surface area contributed by atoms with E-state index in [2.05, 4.69) is 10.2 Å². The van der Waals surface area contributed by atoms with Gasteiger partial charge in [0.15, 0.2) is 0 Å². The van der Waals surface area contributed by atoms with Crippen LogP contribution < -0.4 is 10.1 Å². The molecule has 3 atom stereocenters. The highest BCUT2D eigenvalue weighted by atomic mass is 16.5. The van der Waals surface area contributed by atoms with Gasteiger partial charge in [-0.15, -0.1) is 0 Å². The minimum atomic E-state index is -0.579. The zero-order valence-electron chi connectivity index (χ0n) is 19.1. The van der Waals surface area contributed by atoms with Crippen LogP contribution in [0.4, 0.5) is 0 Å². The highest BCUT2D eigenvalue weighted by Gasteiger charge is 2.41. The van der Waals surface area contributed by atoms with Gasteiger partial charge in [-0.1, -0.05) is 0 Å². The standard InChI is InChI=1S/C26H33N3O4/c30-24-11-10-22(25(31)27-24)29-15-18-12-19(8-9-20(18)26(29)32)33-23-3-1-2-21(23)28(13-16-4-5-16)14-17-6-7-17/h8-9,12,16-17,21-23H,1-7,10-11,13-15H2,(H,27,30,31)/t21-,22?,23+/m1/s1. The largest absolute Gasteiger partial charge is 0.489 e. The van der Waals surface area contributed by atoms with E-state index in [-0.39, 0.29) is 30.2 Å². The third-order valence-corrected chi connectivity index (χ3v) is 8.05. The summed E-state index contributed by atoms with van der Waals surface area (Å²) < 4.78 is 6.55. The van der Waals surface area contributed by atoms with Crippen LogP contribution in [0, 0.1) is 11.8 Å². The Morgan fingerprint density at radius 2 is 1.73 bits per heavy atom. The second-order valence-corrected chi connectivity index (χ2v) is 10.7. The molecular formula is C26H33N3O4. The van der Waals surface area contributed by atoms with Crippen molar-refractivity contribution in [3.8, 4) is 5.75 Å². The van der Waals surface area contributed by atoms with Crippen LogP contribution in [0.1, 0.15) is 73.7 Å². The van der Waals surface area contributed by atoms with Crippen molar-refractivity contribution in [2.24, 2.45) is 11.8 Å². The van der Waals surface area contributed by atoms with Gasteiger partial charge in [-0.25, -0.2) is 0 Å². The van der Waals surface area contributed by atoms with Crippen LogP contribution in [0.25, 0.3) is 0 Å². The number of carbonyl (C=O) groups is 3. The molecule has 1 aromatic rings. The van der Waals surface area contributed by atoms with E-state index in [1.54, 1.807) is 4.90 Å². The SMILES string of the molecule is O=C1CCC(N2Cc3cc(O[C@H]4CCC[C@H]4N(CC4CC4)CC4CC4)ccc3C2=O)C(=O)N1. The van der Waals surface area contributed by atoms with Gasteiger partial charge in [-0.05, 0) is 87.0 Å². The van der Waals surface area contributed by atoms with Crippen molar-refractivity contribution < 1.29 is 19.1 Å². The fourth-order valence-corrected chi connectivity index (χ4v) is 5.87. The van der Waals surface area contributed by atoms with Gasteiger partial charge >= 0.3 is 0 Å². The topological polar surface area (TPSA) is 79.0 Å². The molecule has 3 aliphatic carbocycles. The average molecular weight is 452 g/mol. The summed E-state index contributed by atoms with van der Waals surface area (Å²) in [5, 5.41) is 2.36. The molecule has 3 amide bonds. The molecule has 0 radical (unpaired) electrons. The van der Waals surface area contributed by atoms with Gasteiger partial charge in [0.25, 0.3) is 5.91 Å². The van der Waals surface area contributed by atoms with E-state index in [0.717, 1.165) is 29.6 Å². The third-order valence-electron chi connectivity index (χ3n) is 8.05. The summed E-state index contributed by atoms with van der Waals surface area (Å²) in [5.41, 5.74) is 1.55. The van der Waals surface area contributed by atoms with E-state index in [0.29, 0.717) is 24.6 Å². The van der Waals surface area contributed by atoms with Crippen molar-refractivity contribution in [1.82, 2.24) is 15.1 Å². The second kappa shape index (κ2) is 8.42. The Kier molecular flexibility index (Phi) is 5.40. The molecule has 3 saturated carbocycles. The molecule has 1 N–H and O–H groups in total. The molecule has 0 bridgehead atoms. The van der Waals surface area contributed by atoms with Crippen molar-refractivity contribution in [2.45, 2.75) is 82.5 Å². The van der Waals surface area contributed by atoms with Gasteiger partial charge in [-0.3, -0.25) is 24.6 Å². The Morgan fingerprint density at radius 1 is 0.970 bits per heavy atom. The molecule has 7 nitrogen and oxygen atoms in total. The maximum absolute atomic E-state index is 13.0. The zero-order chi connectivity index (χ0) is 22.5. The van der Waals surface area contributed by atoms with Gasteiger partial charge in [0.2, 0.25) is 11.8 Å². The fraction of sp³-hybridized carbons (Fsp3) is 0.654. The number of fused-ring (bicyclic) bond motifs is 1. The number of amides is 3. The molecular weight excluding hydrogens is 418 g/mol. The average Bonchev–Trinajstić information content (AvgIpc) is 3.71. The van der Waals surface area contributed by atoms with Crippen molar-refractivity contribution in [1.29, 1.82) is 0 Å². The number of nitrogens with one attached hydrogen (secondary N) is 1. The lowest BCUT2D eigenvalue weighted by Crippen LogP contribution is -2.52. The molecule has 1 aromatic carbocycles. The lowest BCUT2D eigenvalue weighted by Gasteiger charge is -2.33. The normalized spacial score (nSPS) is 29.5. The first kappa shape index (κ1) is 21.1. The smallest absolute Gasteiger partial charge is 0.255 e. The molecule has 5 aliphatic rings. The highest BCUT2D eigenvalue weighted by molar-refractivity contribution is 6.05. The summed E-state index contributed by atoms with van der Waals surface area (Å²) in [6, 6.07) is 5.65. The van der Waals surface area contributed by atoms with Crippen LogP contribution in [-0.2, 0) is 16.1 Å². The second-order valence-electron chi connectivity index (χ2n) is 10.7. The summed E-state index contributed by atoms with van der Waals surface area (Å²) in [6.45, 7) is 2.84. The quantitative estimate of drug-likeness (QED) is 0.615. The first-order valence-electron chi connectivity index (χ1n) is 12.7. The van der Waals surface area contributed by atoms with Crippen LogP contribution in [0.2, 0.25) is 0 Å². The first-order valence-corrected chi connectivity index (χ1v) is 12.7. The van der Waals surface area contributed by atoms with Gasteiger partial charge in [0.1, 0.15) is 17.9 Å². The summed E-state index contributed by atoms with van der Waals surface area (Å²) in [7, 11) is 0. The third kappa shape index (κ3) is 4.39. The number of hydrogen-bond acceptors (Lipinski definition) is 5. The Morgan fingerprint density at radius 3 is 2.42 bits per heavy atom. The maximum Gasteiger partial charge on any atom is 0.255 e. The minimum Gasteiger partial charge on any atom is -0.489 e. The molecule has 0 spiro atoms. The predicted octanol–water partition coefficient (Wildman–Crippen LogP) is 2.87. The van der Waals surface area contributed by atoms with Gasteiger partial charge in [0.05, 0.1) is 0 Å². The Hall–Kier alpha value is -2.41. The maximum atomic E-state index is 13.0. The number of ether oxygens (including phenoxy) is 1. The molecule has 176 valence electrons. The number of rotatable bonds is 8. The van der Waals surface area contributed by atoms with Crippen LogP contribution in [0.15, 0.2) is 18.2 Å². The van der Waals surface area contributed by atoms with E-state index in [9.17, 15) is 14.4 Å². The van der Waals surface area contributed by atoms with E-state index < -0.39 is 6.04 Å². The zero-order valence-corrected chi connectivity index (χ0v) is 19.1. The van der Waals surface area contributed by atoms with Crippen LogP contribution in [0.3, 0.4) is 0 Å². The van der Waals surface area contributed by atoms with E-state index in [1.165, 1.54) is 51.6 Å². The number of imide groups is 1. The van der Waals surface area contributed by atoms with Crippen molar-refractivity contribution in [3.05, 3.63) is 29.3 Å². The first-order chi connectivity index (χ1) is 16.0. The molecule has 7 heteroatoms. The van der Waals surface area contributed by atoms with Crippen LogP contribution >= 0.6 is 0 Å². The predicted molar refractivity (Wildman–Crippen MR) is 122 cm³/mol. The lowest BCUT2D eigenvalue weighted by molar-refractivity contribution is -0.136. The van der Waals surface area contributed by atoms with Gasteiger partial charge in [0, 0.05) is 37.7 Å². The monoisotopic (exact) mass is 451 g/mol.